The Labute approximate surface area is 170 Å². The number of hydrogen-bond acceptors (Lipinski definition) is 6. The highest BCUT2D eigenvalue weighted by molar-refractivity contribution is 6.02. The second kappa shape index (κ2) is 9.09. The molecule has 3 rings (SSSR count). The van der Waals surface area contributed by atoms with Crippen LogP contribution >= 0.6 is 0 Å². The van der Waals surface area contributed by atoms with Gasteiger partial charge in [0.2, 0.25) is 11.8 Å². The van der Waals surface area contributed by atoms with Crippen molar-refractivity contribution < 1.29 is 18.7 Å². The summed E-state index contributed by atoms with van der Waals surface area (Å²) in [5, 5.41) is 5.76. The van der Waals surface area contributed by atoms with Gasteiger partial charge in [0.15, 0.2) is 5.69 Å². The molecule has 1 aliphatic heterocycles. The molecule has 0 spiro atoms. The van der Waals surface area contributed by atoms with Gasteiger partial charge in [-0.05, 0) is 37.0 Å². The van der Waals surface area contributed by atoms with Crippen molar-refractivity contribution in [3.63, 3.8) is 0 Å². The molecule has 1 aliphatic rings. The van der Waals surface area contributed by atoms with Crippen molar-refractivity contribution in [2.24, 2.45) is 5.92 Å². The number of amides is 2. The Morgan fingerprint density at radius 1 is 1.28 bits per heavy atom. The zero-order valence-corrected chi connectivity index (χ0v) is 17.3. The van der Waals surface area contributed by atoms with E-state index >= 15 is 0 Å². The Kier molecular flexibility index (Phi) is 6.53. The van der Waals surface area contributed by atoms with Gasteiger partial charge < -0.3 is 24.7 Å². The molecule has 1 fully saturated rings. The summed E-state index contributed by atoms with van der Waals surface area (Å²) >= 11 is 0. The van der Waals surface area contributed by atoms with Crippen LogP contribution in [0.5, 0.6) is 0 Å². The van der Waals surface area contributed by atoms with Crippen molar-refractivity contribution in [2.75, 3.05) is 30.9 Å². The lowest BCUT2D eigenvalue weighted by atomic mass is 10.0. The molecule has 0 saturated carbocycles. The third-order valence-corrected chi connectivity index (χ3v) is 4.83. The fourth-order valence-electron chi connectivity index (χ4n) is 3.14. The fourth-order valence-corrected chi connectivity index (χ4v) is 3.14. The Morgan fingerprint density at radius 3 is 2.72 bits per heavy atom. The van der Waals surface area contributed by atoms with Gasteiger partial charge in [-0.1, -0.05) is 19.9 Å². The Morgan fingerprint density at radius 2 is 2.07 bits per heavy atom. The van der Waals surface area contributed by atoms with Gasteiger partial charge in [0, 0.05) is 32.1 Å². The summed E-state index contributed by atoms with van der Waals surface area (Å²) in [6.45, 7) is 4.51. The molecule has 2 aromatic rings. The van der Waals surface area contributed by atoms with E-state index in [9.17, 15) is 9.59 Å². The van der Waals surface area contributed by atoms with Gasteiger partial charge in [0.25, 0.3) is 5.91 Å². The predicted octanol–water partition coefficient (Wildman–Crippen LogP) is 2.99. The normalized spacial score (nSPS) is 17.2. The molecule has 0 unspecified atom stereocenters. The summed E-state index contributed by atoms with van der Waals surface area (Å²) in [5.41, 5.74) is 1.80. The maximum atomic E-state index is 12.6. The van der Waals surface area contributed by atoms with E-state index in [1.807, 2.05) is 57.1 Å². The summed E-state index contributed by atoms with van der Waals surface area (Å²) in [4.78, 5) is 31.3. The van der Waals surface area contributed by atoms with E-state index in [1.54, 1.807) is 0 Å². The Bertz CT molecular complexity index is 856. The first-order chi connectivity index (χ1) is 13.8. The van der Waals surface area contributed by atoms with E-state index in [0.717, 1.165) is 12.1 Å². The number of nitrogens with one attached hydrogen (secondary N) is 2. The average molecular weight is 400 g/mol. The van der Waals surface area contributed by atoms with Gasteiger partial charge in [0.1, 0.15) is 18.4 Å². The number of ether oxygens (including phenoxy) is 1. The molecule has 0 bridgehead atoms. The van der Waals surface area contributed by atoms with Crippen LogP contribution in [0, 0.1) is 5.92 Å². The minimum atomic E-state index is -0.440. The molecule has 156 valence electrons. The summed E-state index contributed by atoms with van der Waals surface area (Å²) in [7, 11) is 3.86. The van der Waals surface area contributed by atoms with Crippen molar-refractivity contribution in [1.82, 2.24) is 10.3 Å². The predicted molar refractivity (Wildman–Crippen MR) is 110 cm³/mol. The summed E-state index contributed by atoms with van der Waals surface area (Å²) in [6, 6.07) is 7.07. The molecule has 2 heterocycles. The minimum absolute atomic E-state index is 0.0340. The van der Waals surface area contributed by atoms with Gasteiger partial charge in [0.05, 0.1) is 0 Å². The molecule has 2 N–H and O–H groups in total. The minimum Gasteiger partial charge on any atom is -0.446 e. The van der Waals surface area contributed by atoms with Gasteiger partial charge in [-0.25, -0.2) is 4.98 Å². The van der Waals surface area contributed by atoms with Gasteiger partial charge in [-0.3, -0.25) is 9.59 Å². The van der Waals surface area contributed by atoms with Crippen molar-refractivity contribution in [3.8, 4) is 0 Å². The SMILES string of the molecule is CC(C)[C@@H](NC(=O)[C@@H]1CCCO1)c1nc(C(=O)Nc2cccc(N(C)C)c2)co1. The molecular formula is C21H28N4O4. The highest BCUT2D eigenvalue weighted by Crippen LogP contribution is 2.23. The molecule has 0 radical (unpaired) electrons. The molecule has 1 aromatic heterocycles. The van der Waals surface area contributed by atoms with Crippen LogP contribution in [0.3, 0.4) is 0 Å². The van der Waals surface area contributed by atoms with E-state index in [0.29, 0.717) is 24.6 Å². The smallest absolute Gasteiger partial charge is 0.277 e. The number of hydrogen-bond donors (Lipinski definition) is 2. The van der Waals surface area contributed by atoms with Gasteiger partial charge in [-0.2, -0.15) is 0 Å². The molecule has 29 heavy (non-hydrogen) atoms. The van der Waals surface area contributed by atoms with Crippen LogP contribution in [0.15, 0.2) is 34.9 Å². The van der Waals surface area contributed by atoms with Gasteiger partial charge in [-0.15, -0.1) is 0 Å². The zero-order chi connectivity index (χ0) is 21.0. The molecule has 0 aliphatic carbocycles. The quantitative estimate of drug-likeness (QED) is 0.742. The first-order valence-corrected chi connectivity index (χ1v) is 9.81. The summed E-state index contributed by atoms with van der Waals surface area (Å²) in [6.07, 6.45) is 2.47. The van der Waals surface area contributed by atoms with Gasteiger partial charge >= 0.3 is 0 Å². The molecule has 8 heteroatoms. The first kappa shape index (κ1) is 20.9. The fraction of sp³-hybridized carbons (Fsp3) is 0.476. The Balaban J connectivity index is 1.69. The topological polar surface area (TPSA) is 96.7 Å². The average Bonchev–Trinajstić information content (AvgIpc) is 3.38. The monoisotopic (exact) mass is 400 g/mol. The number of aromatic nitrogens is 1. The van der Waals surface area contributed by atoms with E-state index in [2.05, 4.69) is 15.6 Å². The van der Waals surface area contributed by atoms with Crippen LogP contribution in [-0.2, 0) is 9.53 Å². The number of carbonyl (C=O) groups excluding carboxylic acids is 2. The van der Waals surface area contributed by atoms with E-state index in [4.69, 9.17) is 9.15 Å². The third kappa shape index (κ3) is 5.14. The molecule has 8 nitrogen and oxygen atoms in total. The lowest BCUT2D eigenvalue weighted by molar-refractivity contribution is -0.131. The first-order valence-electron chi connectivity index (χ1n) is 9.81. The zero-order valence-electron chi connectivity index (χ0n) is 17.3. The number of rotatable bonds is 7. The number of nitrogens with zero attached hydrogens (tertiary/aromatic N) is 2. The molecular weight excluding hydrogens is 372 g/mol. The Hall–Kier alpha value is -2.87. The number of oxazole rings is 1. The van der Waals surface area contributed by atoms with Crippen LogP contribution in [0.1, 0.15) is 49.1 Å². The van der Waals surface area contributed by atoms with Crippen LogP contribution in [0.2, 0.25) is 0 Å². The van der Waals surface area contributed by atoms with E-state index in [1.165, 1.54) is 6.26 Å². The second-order valence-electron chi connectivity index (χ2n) is 7.70. The maximum absolute atomic E-state index is 12.6. The highest BCUT2D eigenvalue weighted by atomic mass is 16.5. The number of carbonyl (C=O) groups is 2. The van der Waals surface area contributed by atoms with Crippen molar-refractivity contribution >= 4 is 23.2 Å². The lowest BCUT2D eigenvalue weighted by Crippen LogP contribution is -2.39. The van der Waals surface area contributed by atoms with Crippen LogP contribution in [0.25, 0.3) is 0 Å². The third-order valence-electron chi connectivity index (χ3n) is 4.83. The van der Waals surface area contributed by atoms with Crippen molar-refractivity contribution in [3.05, 3.63) is 42.1 Å². The molecule has 2 amide bonds. The largest absolute Gasteiger partial charge is 0.446 e. The number of benzene rings is 1. The van der Waals surface area contributed by atoms with Crippen molar-refractivity contribution in [2.45, 2.75) is 38.8 Å². The highest BCUT2D eigenvalue weighted by Gasteiger charge is 2.30. The summed E-state index contributed by atoms with van der Waals surface area (Å²) in [5.74, 6) is -0.208. The molecule has 1 aromatic carbocycles. The summed E-state index contributed by atoms with van der Waals surface area (Å²) < 4.78 is 11.0. The van der Waals surface area contributed by atoms with Crippen LogP contribution in [0.4, 0.5) is 11.4 Å². The van der Waals surface area contributed by atoms with E-state index in [-0.39, 0.29) is 23.4 Å². The maximum Gasteiger partial charge on any atom is 0.277 e. The second-order valence-corrected chi connectivity index (χ2v) is 7.70. The molecule has 1 saturated heterocycles. The van der Waals surface area contributed by atoms with Crippen LogP contribution in [-0.4, -0.2) is 43.6 Å². The van der Waals surface area contributed by atoms with E-state index < -0.39 is 12.1 Å². The number of anilines is 2. The molecule has 2 atom stereocenters. The van der Waals surface area contributed by atoms with Crippen molar-refractivity contribution in [1.29, 1.82) is 0 Å². The lowest BCUT2D eigenvalue weighted by Gasteiger charge is -2.21. The standard InChI is InChI=1S/C21H28N4O4/c1-13(2)18(24-20(27)17-9-6-10-28-17)21-23-16(12-29-21)19(26)22-14-7-5-8-15(11-14)25(3)4/h5,7-8,11-13,17-18H,6,9-10H2,1-4H3,(H,22,26)(H,24,27)/t17-,18+/m0/s1. The van der Waals surface area contributed by atoms with Crippen LogP contribution < -0.4 is 15.5 Å².